The van der Waals surface area contributed by atoms with Crippen LogP contribution < -0.4 is 0 Å². The van der Waals surface area contributed by atoms with Crippen LogP contribution in [0.3, 0.4) is 0 Å². The molecule has 9 aromatic carbocycles. The number of furan rings is 1. The first kappa shape index (κ1) is 17.4. The monoisotopic (exact) mass is 791 g/mol. The van der Waals surface area contributed by atoms with Gasteiger partial charge in [-0.15, -0.1) is 0 Å². The van der Waals surface area contributed by atoms with Crippen molar-refractivity contribution in [2.24, 2.45) is 0 Å². The first-order chi connectivity index (χ1) is 40.1. The number of hydrogen-bond acceptors (Lipinski definition) is 4. The van der Waals surface area contributed by atoms with E-state index < -0.39 is 178 Å². The summed E-state index contributed by atoms with van der Waals surface area (Å²) >= 11 is 0. The standard InChI is InChI=1S/C55H34N4O/c1-2-14-35(15-3-1)36-28-29-38-33-41(31-30-37(38)32-36)54-56-53(40-17-12-16-39(34-40)42-22-13-23-46-45-20-7-11-27-51(45)60-52(42)46)57-55(58-54)47-21-6-10-26-50(47)59-48-24-8-4-18-43(48)44-19-5-9-25-49(44)59/h1-34H/i1D,2D,3D,4D,5D,7D,8D,11D,13D,14D,15D,18D,19D,20D,22D,23D,24D,25D,27D,28D,29D,30D,31D,32D,33D. The van der Waals surface area contributed by atoms with Crippen LogP contribution in [-0.4, -0.2) is 19.5 Å². The SMILES string of the molecule is [2H]c1cc([2H])c2c(c1[2H])c1c([2H])c([2H])c([2H])c([2H])c1n2-c1ccccc1-c1nc(-c2cccc(-c3c([2H])c([2H])c([2H])c4c3oc3c([2H])c([2H])c([2H])c([2H])c34)c2)nc(-c2c([2H])c([2H])c3c([2H])c(-c4c([2H])c([2H])c([2H])c([2H])c4[2H])c([2H])c([2H])c3c2[2H])n1. The smallest absolute Gasteiger partial charge is 0.166 e. The van der Waals surface area contributed by atoms with Crippen molar-refractivity contribution in [3.63, 3.8) is 0 Å². The number of fused-ring (bicyclic) bond motifs is 7. The highest BCUT2D eigenvalue weighted by Crippen LogP contribution is 2.39. The molecule has 0 fully saturated rings. The second-order valence-corrected chi connectivity index (χ2v) is 13.3. The number of para-hydroxylation sites is 5. The summed E-state index contributed by atoms with van der Waals surface area (Å²) in [5.41, 5.74) is -2.64. The van der Waals surface area contributed by atoms with E-state index in [-0.39, 0.29) is 89.4 Å². The molecule has 12 aromatic rings. The zero-order chi connectivity index (χ0) is 61.3. The molecule has 0 amide bonds. The van der Waals surface area contributed by atoms with Crippen LogP contribution in [0.25, 0.3) is 117 Å². The molecule has 0 unspecified atom stereocenters. The van der Waals surface area contributed by atoms with Gasteiger partial charge in [-0.2, -0.15) is 0 Å². The van der Waals surface area contributed by atoms with Crippen molar-refractivity contribution in [1.29, 1.82) is 0 Å². The zero-order valence-electron chi connectivity index (χ0n) is 55.4. The number of hydrogen-bond donors (Lipinski definition) is 0. The lowest BCUT2D eigenvalue weighted by atomic mass is 9.99. The average Bonchev–Trinajstić information content (AvgIpc) is 1.88. The molecule has 0 N–H and O–H groups in total. The molecule has 0 aliphatic rings. The van der Waals surface area contributed by atoms with Crippen LogP contribution in [0.4, 0.5) is 0 Å². The molecule has 0 bridgehead atoms. The van der Waals surface area contributed by atoms with Crippen LogP contribution in [0.1, 0.15) is 34.3 Å². The molecule has 280 valence electrons. The Kier molecular flexibility index (Phi) is 3.98. The topological polar surface area (TPSA) is 56.7 Å². The first-order valence-corrected chi connectivity index (χ1v) is 18.1. The Hall–Kier alpha value is -8.15. The second-order valence-electron chi connectivity index (χ2n) is 13.3. The number of benzene rings is 9. The fraction of sp³-hybridized carbons (Fsp3) is 0. The molecule has 0 spiro atoms. The van der Waals surface area contributed by atoms with E-state index >= 15 is 0 Å². The molecule has 0 atom stereocenters. The summed E-state index contributed by atoms with van der Waals surface area (Å²) in [4.78, 5) is 14.4. The van der Waals surface area contributed by atoms with Gasteiger partial charge in [-0.1, -0.05) is 157 Å². The van der Waals surface area contributed by atoms with Crippen molar-refractivity contribution in [3.8, 4) is 62.1 Å². The van der Waals surface area contributed by atoms with Gasteiger partial charge in [0, 0.05) is 43.8 Å². The maximum Gasteiger partial charge on any atom is 0.166 e. The van der Waals surface area contributed by atoms with Gasteiger partial charge in [-0.05, 0) is 75.9 Å². The van der Waals surface area contributed by atoms with Gasteiger partial charge in [0.15, 0.2) is 17.5 Å². The van der Waals surface area contributed by atoms with Crippen molar-refractivity contribution >= 4 is 54.5 Å². The molecule has 5 nitrogen and oxygen atoms in total. The van der Waals surface area contributed by atoms with E-state index in [2.05, 4.69) is 0 Å². The van der Waals surface area contributed by atoms with Gasteiger partial charge in [0.2, 0.25) is 0 Å². The molecule has 60 heavy (non-hydrogen) atoms. The number of aromatic nitrogens is 4. The van der Waals surface area contributed by atoms with E-state index in [9.17, 15) is 11.0 Å². The van der Waals surface area contributed by atoms with Crippen LogP contribution >= 0.6 is 0 Å². The average molecular weight is 792 g/mol. The lowest BCUT2D eigenvalue weighted by molar-refractivity contribution is 0.670. The molecule has 3 heterocycles. The highest BCUT2D eigenvalue weighted by Gasteiger charge is 2.20. The van der Waals surface area contributed by atoms with Gasteiger partial charge in [-0.25, -0.2) is 15.0 Å². The molecule has 3 aromatic heterocycles. The van der Waals surface area contributed by atoms with Gasteiger partial charge in [-0.3, -0.25) is 0 Å². The third-order valence-corrected chi connectivity index (χ3v) is 9.80. The number of rotatable bonds is 6. The number of nitrogens with zero attached hydrogens (tertiary/aromatic N) is 4. The van der Waals surface area contributed by atoms with Crippen molar-refractivity contribution < 1.29 is 38.7 Å². The van der Waals surface area contributed by atoms with E-state index in [4.69, 9.17) is 42.7 Å². The maximum atomic E-state index is 9.73. The summed E-state index contributed by atoms with van der Waals surface area (Å²) in [7, 11) is 0. The van der Waals surface area contributed by atoms with E-state index in [0.717, 1.165) is 6.07 Å². The Morgan fingerprint density at radius 1 is 0.417 bits per heavy atom. The Labute approximate surface area is 380 Å². The van der Waals surface area contributed by atoms with E-state index in [1.807, 2.05) is 0 Å². The lowest BCUT2D eigenvalue weighted by Crippen LogP contribution is -2.03. The van der Waals surface area contributed by atoms with Crippen molar-refractivity contribution in [1.82, 2.24) is 19.5 Å². The fourth-order valence-electron chi connectivity index (χ4n) is 7.14. The van der Waals surface area contributed by atoms with Crippen LogP contribution in [0.15, 0.2) is 210 Å². The summed E-state index contributed by atoms with van der Waals surface area (Å²) in [5.74, 6) is -1.16. The quantitative estimate of drug-likeness (QED) is 0.168. The van der Waals surface area contributed by atoms with Crippen LogP contribution in [0, 0.1) is 0 Å². The van der Waals surface area contributed by atoms with Crippen LogP contribution in [0.5, 0.6) is 0 Å². The largest absolute Gasteiger partial charge is 0.455 e. The van der Waals surface area contributed by atoms with Crippen molar-refractivity contribution in [3.05, 3.63) is 206 Å². The summed E-state index contributed by atoms with van der Waals surface area (Å²) < 4.78 is 229. The fourth-order valence-corrected chi connectivity index (χ4v) is 7.14. The molecular formula is C55H34N4O. The first-order valence-electron chi connectivity index (χ1n) is 30.6. The summed E-state index contributed by atoms with van der Waals surface area (Å²) in [5, 5.41) is -1.83. The predicted molar refractivity (Wildman–Crippen MR) is 246 cm³/mol. The van der Waals surface area contributed by atoms with Gasteiger partial charge in [0.25, 0.3) is 0 Å². The molecule has 0 saturated carbocycles. The minimum absolute atomic E-state index is 0.00848. The van der Waals surface area contributed by atoms with Gasteiger partial charge >= 0.3 is 0 Å². The zero-order valence-corrected chi connectivity index (χ0v) is 30.4. The van der Waals surface area contributed by atoms with Gasteiger partial charge in [0.1, 0.15) is 11.2 Å². The van der Waals surface area contributed by atoms with Crippen molar-refractivity contribution in [2.45, 2.75) is 0 Å². The second kappa shape index (κ2) is 13.8. The predicted octanol–water partition coefficient (Wildman–Crippen LogP) is 14.4. The molecule has 0 radical (unpaired) electrons. The van der Waals surface area contributed by atoms with Crippen LogP contribution in [0.2, 0.25) is 0 Å². The van der Waals surface area contributed by atoms with Crippen molar-refractivity contribution in [2.75, 3.05) is 0 Å². The van der Waals surface area contributed by atoms with E-state index in [1.165, 1.54) is 41.0 Å². The Balaban J connectivity index is 1.18. The Morgan fingerprint density at radius 2 is 1.08 bits per heavy atom. The third kappa shape index (κ3) is 5.59. The summed E-state index contributed by atoms with van der Waals surface area (Å²) in [6.45, 7) is 0. The minimum Gasteiger partial charge on any atom is -0.455 e. The molecular weight excluding hydrogens is 733 g/mol. The Morgan fingerprint density at radius 3 is 1.97 bits per heavy atom. The Bertz CT molecular complexity index is 5070. The molecule has 0 aliphatic heterocycles. The molecule has 0 aliphatic carbocycles. The highest BCUT2D eigenvalue weighted by atomic mass is 16.3. The summed E-state index contributed by atoms with van der Waals surface area (Å²) in [6.07, 6.45) is 0. The maximum absolute atomic E-state index is 9.73. The molecule has 0 saturated heterocycles. The molecule has 5 heteroatoms. The van der Waals surface area contributed by atoms with Gasteiger partial charge in [0.05, 0.1) is 51.0 Å². The normalized spacial score (nSPS) is 17.5. The van der Waals surface area contributed by atoms with E-state index in [1.54, 1.807) is 12.1 Å². The summed E-state index contributed by atoms with van der Waals surface area (Å²) in [6, 6.07) is -3.71. The third-order valence-electron chi connectivity index (χ3n) is 9.80. The lowest BCUT2D eigenvalue weighted by Gasteiger charge is -2.15. The van der Waals surface area contributed by atoms with Gasteiger partial charge < -0.3 is 8.98 Å². The molecule has 12 rings (SSSR count). The highest BCUT2D eigenvalue weighted by molar-refractivity contribution is 6.10. The minimum atomic E-state index is -0.860. The van der Waals surface area contributed by atoms with Crippen LogP contribution in [-0.2, 0) is 0 Å². The van der Waals surface area contributed by atoms with E-state index in [0.29, 0.717) is 0 Å².